The van der Waals surface area contributed by atoms with Crippen LogP contribution in [0.4, 0.5) is 0 Å². The van der Waals surface area contributed by atoms with Crippen LogP contribution in [0.3, 0.4) is 0 Å². The molecule has 15 heavy (non-hydrogen) atoms. The molecule has 1 heterocycles. The Morgan fingerprint density at radius 2 is 2.07 bits per heavy atom. The summed E-state index contributed by atoms with van der Waals surface area (Å²) in [5.74, 6) is -1.51. The third-order valence-electron chi connectivity index (χ3n) is 2.61. The van der Waals surface area contributed by atoms with Gasteiger partial charge in [-0.15, -0.1) is 0 Å². The fourth-order valence-electron chi connectivity index (χ4n) is 1.40. The van der Waals surface area contributed by atoms with Crippen LogP contribution < -0.4 is 5.32 Å². The van der Waals surface area contributed by atoms with E-state index in [1.165, 1.54) is 0 Å². The Hall–Kier alpha value is -1.10. The van der Waals surface area contributed by atoms with Crippen molar-refractivity contribution in [1.29, 1.82) is 0 Å². The van der Waals surface area contributed by atoms with Crippen molar-refractivity contribution in [2.45, 2.75) is 26.2 Å². The molecule has 1 aliphatic heterocycles. The van der Waals surface area contributed by atoms with E-state index in [0.717, 1.165) is 19.3 Å². The lowest BCUT2D eigenvalue weighted by atomic mass is 9.85. The molecule has 1 saturated heterocycles. The van der Waals surface area contributed by atoms with Gasteiger partial charge >= 0.3 is 5.97 Å². The number of hydrogen-bond acceptors (Lipinski definition) is 3. The highest BCUT2D eigenvalue weighted by Crippen LogP contribution is 2.27. The minimum atomic E-state index is -1.33. The van der Waals surface area contributed by atoms with E-state index in [2.05, 4.69) is 12.2 Å². The predicted molar refractivity (Wildman–Crippen MR) is 53.4 cm³/mol. The molecule has 1 amide bonds. The molecule has 0 bridgehead atoms. The third kappa shape index (κ3) is 2.47. The van der Waals surface area contributed by atoms with E-state index in [9.17, 15) is 9.59 Å². The van der Waals surface area contributed by atoms with Crippen LogP contribution in [0.1, 0.15) is 26.2 Å². The molecule has 0 aromatic heterocycles. The first-order chi connectivity index (χ1) is 7.13. The maximum absolute atomic E-state index is 11.6. The number of aliphatic carboxylic acids is 1. The summed E-state index contributed by atoms with van der Waals surface area (Å²) in [5.41, 5.74) is -1.33. The fourth-order valence-corrected chi connectivity index (χ4v) is 1.40. The Bertz CT molecular complexity index is 248. The molecule has 5 nitrogen and oxygen atoms in total. The summed E-state index contributed by atoms with van der Waals surface area (Å²) in [6.07, 6.45) is 3.00. The van der Waals surface area contributed by atoms with Crippen LogP contribution in [0, 0.1) is 5.41 Å². The minimum absolute atomic E-state index is 0.0120. The number of nitrogens with one attached hydrogen (secondary N) is 1. The number of carboxylic acids is 1. The van der Waals surface area contributed by atoms with E-state index in [-0.39, 0.29) is 13.2 Å². The average Bonchev–Trinajstić information content (AvgIpc) is 2.10. The normalized spacial score (nSPS) is 17.9. The highest BCUT2D eigenvalue weighted by Gasteiger charge is 2.53. The minimum Gasteiger partial charge on any atom is -0.480 e. The van der Waals surface area contributed by atoms with Gasteiger partial charge in [-0.3, -0.25) is 9.59 Å². The molecule has 0 unspecified atom stereocenters. The Kier molecular flexibility index (Phi) is 4.08. The van der Waals surface area contributed by atoms with Gasteiger partial charge in [0.25, 0.3) is 0 Å². The Morgan fingerprint density at radius 3 is 2.47 bits per heavy atom. The maximum Gasteiger partial charge on any atom is 0.324 e. The third-order valence-corrected chi connectivity index (χ3v) is 2.61. The Labute approximate surface area is 88.8 Å². The van der Waals surface area contributed by atoms with Crippen molar-refractivity contribution in [3.63, 3.8) is 0 Å². The maximum atomic E-state index is 11.6. The van der Waals surface area contributed by atoms with Crippen molar-refractivity contribution < 1.29 is 19.4 Å². The van der Waals surface area contributed by atoms with Crippen molar-refractivity contribution in [3.8, 4) is 0 Å². The Morgan fingerprint density at radius 1 is 1.40 bits per heavy atom. The van der Waals surface area contributed by atoms with Gasteiger partial charge in [0.05, 0.1) is 13.2 Å². The summed E-state index contributed by atoms with van der Waals surface area (Å²) in [7, 11) is 0. The highest BCUT2D eigenvalue weighted by atomic mass is 16.5. The van der Waals surface area contributed by atoms with Crippen LogP contribution in [0.5, 0.6) is 0 Å². The number of carbonyl (C=O) groups excluding carboxylic acids is 1. The van der Waals surface area contributed by atoms with Crippen LogP contribution in [0.25, 0.3) is 0 Å². The molecule has 5 heteroatoms. The smallest absolute Gasteiger partial charge is 0.324 e. The molecule has 0 saturated carbocycles. The molecule has 0 atom stereocenters. The molecule has 0 aliphatic carbocycles. The van der Waals surface area contributed by atoms with Crippen LogP contribution >= 0.6 is 0 Å². The molecule has 86 valence electrons. The molecule has 0 aromatic rings. The van der Waals surface area contributed by atoms with E-state index >= 15 is 0 Å². The quantitative estimate of drug-likeness (QED) is 0.496. The second kappa shape index (κ2) is 5.11. The number of carboxylic acid groups (broad SMARTS) is 1. The van der Waals surface area contributed by atoms with Crippen LogP contribution in [0.15, 0.2) is 0 Å². The van der Waals surface area contributed by atoms with Gasteiger partial charge in [-0.1, -0.05) is 19.8 Å². The largest absolute Gasteiger partial charge is 0.480 e. The second-order valence-corrected chi connectivity index (χ2v) is 3.84. The van der Waals surface area contributed by atoms with Crippen molar-refractivity contribution in [3.05, 3.63) is 0 Å². The molecule has 0 spiro atoms. The number of unbranched alkanes of at least 4 members (excludes halogenated alkanes) is 2. The summed E-state index contributed by atoms with van der Waals surface area (Å²) in [6, 6.07) is 0. The molecule has 2 N–H and O–H groups in total. The van der Waals surface area contributed by atoms with Gasteiger partial charge in [-0.05, 0) is 6.42 Å². The van der Waals surface area contributed by atoms with Crippen LogP contribution in [-0.2, 0) is 14.3 Å². The zero-order valence-electron chi connectivity index (χ0n) is 8.91. The lowest BCUT2D eigenvalue weighted by Gasteiger charge is -2.35. The SMILES string of the molecule is CCCCCNC(=O)C1(C(=O)O)COC1. The van der Waals surface area contributed by atoms with Gasteiger partial charge in [-0.2, -0.15) is 0 Å². The summed E-state index contributed by atoms with van der Waals surface area (Å²) in [6.45, 7) is 2.59. The molecule has 0 radical (unpaired) electrons. The zero-order valence-corrected chi connectivity index (χ0v) is 8.91. The molecular formula is C10H17NO4. The van der Waals surface area contributed by atoms with Crippen molar-refractivity contribution >= 4 is 11.9 Å². The van der Waals surface area contributed by atoms with E-state index < -0.39 is 17.3 Å². The molecule has 0 aromatic carbocycles. The van der Waals surface area contributed by atoms with Gasteiger partial charge in [0.1, 0.15) is 0 Å². The summed E-state index contributed by atoms with van der Waals surface area (Å²) >= 11 is 0. The highest BCUT2D eigenvalue weighted by molar-refractivity contribution is 6.03. The first-order valence-corrected chi connectivity index (χ1v) is 5.23. The van der Waals surface area contributed by atoms with E-state index in [1.807, 2.05) is 0 Å². The summed E-state index contributed by atoms with van der Waals surface area (Å²) < 4.78 is 4.81. The predicted octanol–water partition coefficient (Wildman–Crippen LogP) is 0.394. The summed E-state index contributed by atoms with van der Waals surface area (Å²) in [4.78, 5) is 22.5. The zero-order chi connectivity index (χ0) is 11.3. The van der Waals surface area contributed by atoms with Crippen molar-refractivity contribution in [2.24, 2.45) is 5.41 Å². The first-order valence-electron chi connectivity index (χ1n) is 5.23. The van der Waals surface area contributed by atoms with Crippen molar-refractivity contribution in [1.82, 2.24) is 5.32 Å². The van der Waals surface area contributed by atoms with Gasteiger partial charge in [0, 0.05) is 6.54 Å². The lowest BCUT2D eigenvalue weighted by molar-refractivity contribution is -0.185. The van der Waals surface area contributed by atoms with E-state index in [0.29, 0.717) is 6.54 Å². The van der Waals surface area contributed by atoms with E-state index in [4.69, 9.17) is 9.84 Å². The molecule has 1 fully saturated rings. The number of hydrogen-bond donors (Lipinski definition) is 2. The van der Waals surface area contributed by atoms with Gasteiger partial charge in [0.2, 0.25) is 5.91 Å². The number of amides is 1. The second-order valence-electron chi connectivity index (χ2n) is 3.84. The monoisotopic (exact) mass is 215 g/mol. The van der Waals surface area contributed by atoms with Gasteiger partial charge < -0.3 is 15.2 Å². The topological polar surface area (TPSA) is 75.6 Å². The lowest BCUT2D eigenvalue weighted by Crippen LogP contribution is -2.59. The molecule has 1 aliphatic rings. The fraction of sp³-hybridized carbons (Fsp3) is 0.800. The number of rotatable bonds is 6. The van der Waals surface area contributed by atoms with Crippen LogP contribution in [0.2, 0.25) is 0 Å². The molecule has 1 rings (SSSR count). The summed E-state index contributed by atoms with van der Waals surface area (Å²) in [5, 5.41) is 11.6. The number of ether oxygens (including phenoxy) is 1. The average molecular weight is 215 g/mol. The van der Waals surface area contributed by atoms with Gasteiger partial charge in [-0.25, -0.2) is 0 Å². The van der Waals surface area contributed by atoms with E-state index in [1.54, 1.807) is 0 Å². The molecular weight excluding hydrogens is 198 g/mol. The standard InChI is InChI=1S/C10H17NO4/c1-2-3-4-5-11-8(12)10(9(13)14)6-15-7-10/h2-7H2,1H3,(H,11,12)(H,13,14). The van der Waals surface area contributed by atoms with Crippen LogP contribution in [-0.4, -0.2) is 36.7 Å². The van der Waals surface area contributed by atoms with Crippen molar-refractivity contribution in [2.75, 3.05) is 19.8 Å². The number of carbonyl (C=O) groups is 2. The van der Waals surface area contributed by atoms with Gasteiger partial charge in [0.15, 0.2) is 5.41 Å². The Balaban J connectivity index is 2.35. The first kappa shape index (κ1) is 12.0.